The summed E-state index contributed by atoms with van der Waals surface area (Å²) in [6.45, 7) is 14.1. The van der Waals surface area contributed by atoms with Crippen molar-refractivity contribution in [2.45, 2.75) is 84.1 Å². The predicted molar refractivity (Wildman–Crippen MR) is 100 cm³/mol. The second kappa shape index (κ2) is 7.07. The van der Waals surface area contributed by atoms with E-state index in [9.17, 15) is 8.78 Å². The van der Waals surface area contributed by atoms with Crippen LogP contribution < -0.4 is 0 Å². The number of alkyl halides is 2. The van der Waals surface area contributed by atoms with Crippen molar-refractivity contribution < 1.29 is 8.78 Å². The zero-order valence-electron chi connectivity index (χ0n) is 16.8. The predicted octanol–water partition coefficient (Wildman–Crippen LogP) is 5.03. The third-order valence-corrected chi connectivity index (χ3v) is 6.88. The van der Waals surface area contributed by atoms with Crippen LogP contribution >= 0.6 is 0 Å². The molecule has 2 heterocycles. The third-order valence-electron chi connectivity index (χ3n) is 6.88. The smallest absolute Gasteiger partial charge is 0.255 e. The van der Waals surface area contributed by atoms with Crippen molar-refractivity contribution in [3.8, 4) is 0 Å². The first-order valence-corrected chi connectivity index (χ1v) is 10.5. The summed E-state index contributed by atoms with van der Waals surface area (Å²) in [6.07, 6.45) is 8.22. The van der Waals surface area contributed by atoms with Crippen molar-refractivity contribution in [1.29, 1.82) is 0 Å². The Hall–Kier alpha value is -0.220. The van der Waals surface area contributed by atoms with Crippen LogP contribution in [0.4, 0.5) is 8.78 Å². The largest absolute Gasteiger partial charge is 0.302 e. The molecule has 0 aromatic rings. The SMILES string of the molecule is CC(C)CN1CCC2(C1)CC2(F)F.CC(C)CN1CCCC12CCC2. The third kappa shape index (κ3) is 4.05. The van der Waals surface area contributed by atoms with E-state index in [2.05, 4.69) is 37.5 Å². The molecule has 2 aliphatic carbocycles. The quantitative estimate of drug-likeness (QED) is 0.697. The van der Waals surface area contributed by atoms with Gasteiger partial charge in [-0.2, -0.15) is 0 Å². The molecule has 4 heteroatoms. The van der Waals surface area contributed by atoms with Gasteiger partial charge in [0.05, 0.1) is 5.41 Å². The highest BCUT2D eigenvalue weighted by Gasteiger charge is 2.72. The molecular formula is C21H38F2N2. The Bertz CT molecular complexity index is 459. The summed E-state index contributed by atoms with van der Waals surface area (Å²) < 4.78 is 26.0. The molecule has 2 spiro atoms. The summed E-state index contributed by atoms with van der Waals surface area (Å²) in [5.41, 5.74) is 0.0894. The fourth-order valence-corrected chi connectivity index (χ4v) is 5.33. The fraction of sp³-hybridized carbons (Fsp3) is 1.00. The molecule has 4 rings (SSSR count). The topological polar surface area (TPSA) is 6.48 Å². The lowest BCUT2D eigenvalue weighted by Gasteiger charge is -2.46. The Labute approximate surface area is 153 Å². The van der Waals surface area contributed by atoms with Crippen LogP contribution in [0.15, 0.2) is 0 Å². The van der Waals surface area contributed by atoms with E-state index in [1.807, 2.05) is 0 Å². The Kier molecular flexibility index (Phi) is 5.53. The van der Waals surface area contributed by atoms with E-state index < -0.39 is 11.3 Å². The minimum absolute atomic E-state index is 0.134. The van der Waals surface area contributed by atoms with Gasteiger partial charge in [-0.1, -0.05) is 27.7 Å². The lowest BCUT2D eigenvalue weighted by molar-refractivity contribution is 0.0468. The minimum atomic E-state index is -2.35. The monoisotopic (exact) mass is 356 g/mol. The van der Waals surface area contributed by atoms with Crippen molar-refractivity contribution in [2.24, 2.45) is 17.3 Å². The number of likely N-dealkylation sites (tertiary alicyclic amines) is 2. The molecule has 2 nitrogen and oxygen atoms in total. The molecule has 1 atom stereocenters. The summed E-state index contributed by atoms with van der Waals surface area (Å²) in [7, 11) is 0. The summed E-state index contributed by atoms with van der Waals surface area (Å²) in [4.78, 5) is 4.95. The standard InChI is InChI=1S/C11H21N.C10H17F2N/c1-10(2)9-12-8-4-7-11(12)5-3-6-11;1-8(2)5-13-4-3-9(7-13)6-10(9,11)12/h10H,3-9H2,1-2H3;8H,3-7H2,1-2H3. The molecule has 0 bridgehead atoms. The highest BCUT2D eigenvalue weighted by molar-refractivity contribution is 5.14. The Balaban J connectivity index is 0.000000146. The molecule has 4 aliphatic rings. The Morgan fingerprint density at radius 2 is 1.44 bits per heavy atom. The van der Waals surface area contributed by atoms with Gasteiger partial charge in [-0.15, -0.1) is 0 Å². The molecule has 0 aromatic heterocycles. The second-order valence-electron chi connectivity index (χ2n) is 10.1. The zero-order valence-corrected chi connectivity index (χ0v) is 16.8. The highest BCUT2D eigenvalue weighted by Crippen LogP contribution is 2.65. The number of rotatable bonds is 4. The van der Waals surface area contributed by atoms with E-state index in [0.717, 1.165) is 19.0 Å². The normalized spacial score (nSPS) is 33.1. The van der Waals surface area contributed by atoms with E-state index in [0.29, 0.717) is 24.4 Å². The Morgan fingerprint density at radius 3 is 1.88 bits per heavy atom. The molecular weight excluding hydrogens is 318 g/mol. The second-order valence-corrected chi connectivity index (χ2v) is 10.1. The van der Waals surface area contributed by atoms with Crippen LogP contribution in [0.25, 0.3) is 0 Å². The molecule has 0 N–H and O–H groups in total. The average molecular weight is 357 g/mol. The van der Waals surface area contributed by atoms with Gasteiger partial charge in [-0.3, -0.25) is 4.90 Å². The van der Waals surface area contributed by atoms with E-state index in [-0.39, 0.29) is 6.42 Å². The summed E-state index contributed by atoms with van der Waals surface area (Å²) in [5.74, 6) is -0.915. The van der Waals surface area contributed by atoms with E-state index in [1.54, 1.807) is 0 Å². The van der Waals surface area contributed by atoms with Crippen LogP contribution in [-0.4, -0.2) is 54.0 Å². The maximum absolute atomic E-state index is 13.0. The number of hydrogen-bond donors (Lipinski definition) is 0. The number of halogens is 2. The average Bonchev–Trinajstić information content (AvgIpc) is 2.83. The first kappa shape index (κ1) is 19.5. The van der Waals surface area contributed by atoms with Gasteiger partial charge in [0, 0.05) is 31.6 Å². The molecule has 4 fully saturated rings. The van der Waals surface area contributed by atoms with Crippen LogP contribution in [0.2, 0.25) is 0 Å². The van der Waals surface area contributed by atoms with E-state index in [1.165, 1.54) is 45.2 Å². The molecule has 1 unspecified atom stereocenters. The molecule has 25 heavy (non-hydrogen) atoms. The van der Waals surface area contributed by atoms with Crippen LogP contribution in [0.5, 0.6) is 0 Å². The maximum Gasteiger partial charge on any atom is 0.255 e. The molecule has 2 saturated heterocycles. The van der Waals surface area contributed by atoms with E-state index in [4.69, 9.17) is 0 Å². The van der Waals surface area contributed by atoms with Crippen molar-refractivity contribution in [1.82, 2.24) is 9.80 Å². The van der Waals surface area contributed by atoms with Crippen LogP contribution in [0.3, 0.4) is 0 Å². The fourth-order valence-electron chi connectivity index (χ4n) is 5.33. The lowest BCUT2D eigenvalue weighted by atomic mass is 9.74. The van der Waals surface area contributed by atoms with Gasteiger partial charge in [0.15, 0.2) is 0 Å². The lowest BCUT2D eigenvalue weighted by Crippen LogP contribution is -2.50. The van der Waals surface area contributed by atoms with Gasteiger partial charge in [-0.05, 0) is 63.5 Å². The molecule has 146 valence electrons. The van der Waals surface area contributed by atoms with Gasteiger partial charge < -0.3 is 4.90 Å². The van der Waals surface area contributed by atoms with Crippen LogP contribution in [0.1, 0.15) is 72.6 Å². The summed E-state index contributed by atoms with van der Waals surface area (Å²) in [6, 6.07) is 0. The van der Waals surface area contributed by atoms with Crippen molar-refractivity contribution in [2.75, 3.05) is 32.7 Å². The number of nitrogens with zero attached hydrogens (tertiary/aromatic N) is 2. The first-order valence-electron chi connectivity index (χ1n) is 10.5. The maximum atomic E-state index is 13.0. The summed E-state index contributed by atoms with van der Waals surface area (Å²) in [5, 5.41) is 0. The highest BCUT2D eigenvalue weighted by atomic mass is 19.3. The summed E-state index contributed by atoms with van der Waals surface area (Å²) >= 11 is 0. The van der Waals surface area contributed by atoms with Crippen LogP contribution in [-0.2, 0) is 0 Å². The molecule has 0 radical (unpaired) electrons. The first-order chi connectivity index (χ1) is 11.7. The Morgan fingerprint density at radius 1 is 0.840 bits per heavy atom. The van der Waals surface area contributed by atoms with Gasteiger partial charge in [0.2, 0.25) is 0 Å². The van der Waals surface area contributed by atoms with E-state index >= 15 is 0 Å². The minimum Gasteiger partial charge on any atom is -0.302 e. The molecule has 0 aromatic carbocycles. The molecule has 2 saturated carbocycles. The van der Waals surface area contributed by atoms with Crippen molar-refractivity contribution in [3.05, 3.63) is 0 Å². The van der Waals surface area contributed by atoms with Crippen LogP contribution in [0, 0.1) is 17.3 Å². The van der Waals surface area contributed by atoms with Crippen molar-refractivity contribution >= 4 is 0 Å². The van der Waals surface area contributed by atoms with Gasteiger partial charge in [-0.25, -0.2) is 8.78 Å². The zero-order chi connectivity index (χ0) is 18.3. The van der Waals surface area contributed by atoms with Gasteiger partial charge >= 0.3 is 0 Å². The molecule has 0 amide bonds. The van der Waals surface area contributed by atoms with Gasteiger partial charge in [0.1, 0.15) is 0 Å². The number of hydrogen-bond acceptors (Lipinski definition) is 2. The van der Waals surface area contributed by atoms with Crippen molar-refractivity contribution in [3.63, 3.8) is 0 Å². The van der Waals surface area contributed by atoms with Gasteiger partial charge in [0.25, 0.3) is 5.92 Å². The molecule has 2 aliphatic heterocycles.